The zero-order valence-electron chi connectivity index (χ0n) is 11.8. The molecule has 4 nitrogen and oxygen atoms in total. The van der Waals surface area contributed by atoms with E-state index in [9.17, 15) is 8.42 Å². The molecular formula is C14H22N2O2S2. The van der Waals surface area contributed by atoms with Crippen molar-refractivity contribution in [1.29, 1.82) is 0 Å². The minimum atomic E-state index is -3.30. The van der Waals surface area contributed by atoms with Crippen LogP contribution in [0.3, 0.4) is 0 Å². The number of nitrogens with one attached hydrogen (secondary N) is 1. The Hall–Kier alpha value is -0.560. The van der Waals surface area contributed by atoms with Crippen molar-refractivity contribution in [3.8, 4) is 0 Å². The molecule has 0 bridgehead atoms. The molecule has 0 unspecified atom stereocenters. The van der Waals surface area contributed by atoms with E-state index in [2.05, 4.69) is 5.32 Å². The molecule has 0 radical (unpaired) electrons. The van der Waals surface area contributed by atoms with Crippen LogP contribution >= 0.6 is 11.8 Å². The Kier molecular flexibility index (Phi) is 5.89. The summed E-state index contributed by atoms with van der Waals surface area (Å²) >= 11 is 1.81. The van der Waals surface area contributed by atoms with E-state index in [0.717, 1.165) is 30.9 Å². The van der Waals surface area contributed by atoms with E-state index < -0.39 is 10.0 Å². The highest BCUT2D eigenvalue weighted by molar-refractivity contribution is 7.99. The van der Waals surface area contributed by atoms with Gasteiger partial charge in [-0.3, -0.25) is 0 Å². The van der Waals surface area contributed by atoms with E-state index in [1.54, 1.807) is 16.4 Å². The average molecular weight is 314 g/mol. The maximum atomic E-state index is 12.5. The van der Waals surface area contributed by atoms with E-state index >= 15 is 0 Å². The normalized spacial score (nSPS) is 17.2. The molecule has 0 spiro atoms. The van der Waals surface area contributed by atoms with Gasteiger partial charge in [0.2, 0.25) is 10.0 Å². The molecular weight excluding hydrogens is 292 g/mol. The second-order valence-corrected chi connectivity index (χ2v) is 8.03. The molecule has 0 amide bonds. The number of sulfonamides is 1. The smallest absolute Gasteiger partial charge is 0.243 e. The van der Waals surface area contributed by atoms with E-state index in [4.69, 9.17) is 0 Å². The summed E-state index contributed by atoms with van der Waals surface area (Å²) in [6.45, 7) is 2.22. The highest BCUT2D eigenvalue weighted by Gasteiger charge is 2.25. The Morgan fingerprint density at radius 1 is 1.20 bits per heavy atom. The number of benzene rings is 1. The van der Waals surface area contributed by atoms with Crippen molar-refractivity contribution in [1.82, 2.24) is 9.62 Å². The Morgan fingerprint density at radius 2 is 1.85 bits per heavy atom. The molecule has 6 heteroatoms. The first-order valence-electron chi connectivity index (χ1n) is 6.96. The summed E-state index contributed by atoms with van der Waals surface area (Å²) in [4.78, 5) is 0.418. The van der Waals surface area contributed by atoms with Gasteiger partial charge in [0.1, 0.15) is 0 Å². The third kappa shape index (κ3) is 3.97. The zero-order chi connectivity index (χ0) is 14.4. The van der Waals surface area contributed by atoms with Crippen LogP contribution in [-0.2, 0) is 16.4 Å². The standard InChI is InChI=1S/C14H22N2O2S2/c1-15-8-2-3-13-4-6-14(7-5-13)20(17,18)16-9-11-19-12-10-16/h4-7,15H,2-3,8-12H2,1H3. The van der Waals surface area contributed by atoms with Crippen LogP contribution < -0.4 is 5.32 Å². The van der Waals surface area contributed by atoms with Crippen LogP contribution in [0, 0.1) is 0 Å². The van der Waals surface area contributed by atoms with Crippen LogP contribution in [0.25, 0.3) is 0 Å². The molecule has 1 aromatic carbocycles. The first-order chi connectivity index (χ1) is 9.64. The van der Waals surface area contributed by atoms with Crippen LogP contribution in [0.2, 0.25) is 0 Å². The van der Waals surface area contributed by atoms with Crippen molar-refractivity contribution >= 4 is 21.8 Å². The molecule has 0 atom stereocenters. The molecule has 0 saturated carbocycles. The van der Waals surface area contributed by atoms with Crippen molar-refractivity contribution in [3.63, 3.8) is 0 Å². The van der Waals surface area contributed by atoms with Gasteiger partial charge in [0, 0.05) is 24.6 Å². The van der Waals surface area contributed by atoms with Crippen LogP contribution in [0.4, 0.5) is 0 Å². The Labute approximate surface area is 126 Å². The molecule has 1 heterocycles. The summed E-state index contributed by atoms with van der Waals surface area (Å²) in [7, 11) is -1.36. The first-order valence-corrected chi connectivity index (χ1v) is 9.55. The Balaban J connectivity index is 2.04. The number of thioether (sulfide) groups is 1. The van der Waals surface area contributed by atoms with Gasteiger partial charge >= 0.3 is 0 Å². The minimum Gasteiger partial charge on any atom is -0.320 e. The summed E-state index contributed by atoms with van der Waals surface area (Å²) < 4.78 is 26.5. The molecule has 112 valence electrons. The van der Waals surface area contributed by atoms with Crippen LogP contribution in [0.15, 0.2) is 29.2 Å². The fourth-order valence-electron chi connectivity index (χ4n) is 2.23. The van der Waals surface area contributed by atoms with Crippen LogP contribution in [-0.4, -0.2) is 50.9 Å². The topological polar surface area (TPSA) is 49.4 Å². The molecule has 1 aliphatic heterocycles. The van der Waals surface area contributed by atoms with Gasteiger partial charge in [0.15, 0.2) is 0 Å². The maximum absolute atomic E-state index is 12.5. The molecule has 1 aliphatic rings. The SMILES string of the molecule is CNCCCc1ccc(S(=O)(=O)N2CCSCC2)cc1. The summed E-state index contributed by atoms with van der Waals surface area (Å²) in [6, 6.07) is 7.35. The lowest BCUT2D eigenvalue weighted by Gasteiger charge is -2.25. The van der Waals surface area contributed by atoms with Crippen molar-refractivity contribution in [2.24, 2.45) is 0 Å². The van der Waals surface area contributed by atoms with Crippen LogP contribution in [0.5, 0.6) is 0 Å². The lowest BCUT2D eigenvalue weighted by molar-refractivity contribution is 0.443. The molecule has 0 aromatic heterocycles. The molecule has 1 fully saturated rings. The average Bonchev–Trinajstić information content (AvgIpc) is 2.49. The maximum Gasteiger partial charge on any atom is 0.243 e. The number of rotatable bonds is 6. The highest BCUT2D eigenvalue weighted by atomic mass is 32.2. The van der Waals surface area contributed by atoms with Crippen LogP contribution in [0.1, 0.15) is 12.0 Å². The summed E-state index contributed by atoms with van der Waals surface area (Å²) in [5.41, 5.74) is 1.19. The second-order valence-electron chi connectivity index (χ2n) is 4.87. The van der Waals surface area contributed by atoms with Crippen molar-refractivity contribution in [2.45, 2.75) is 17.7 Å². The van der Waals surface area contributed by atoms with E-state index in [-0.39, 0.29) is 0 Å². The fourth-order valence-corrected chi connectivity index (χ4v) is 4.81. The number of hydrogen-bond donors (Lipinski definition) is 1. The fraction of sp³-hybridized carbons (Fsp3) is 0.571. The minimum absolute atomic E-state index is 0.418. The van der Waals surface area contributed by atoms with Gasteiger partial charge in [-0.05, 0) is 44.1 Å². The third-order valence-corrected chi connectivity index (χ3v) is 6.28. The van der Waals surface area contributed by atoms with Gasteiger partial charge in [-0.25, -0.2) is 8.42 Å². The van der Waals surface area contributed by atoms with Gasteiger partial charge in [-0.1, -0.05) is 12.1 Å². The predicted molar refractivity (Wildman–Crippen MR) is 84.8 cm³/mol. The lowest BCUT2D eigenvalue weighted by Crippen LogP contribution is -2.37. The quantitative estimate of drug-likeness (QED) is 0.810. The largest absolute Gasteiger partial charge is 0.320 e. The molecule has 20 heavy (non-hydrogen) atoms. The van der Waals surface area contributed by atoms with Gasteiger partial charge in [0.25, 0.3) is 0 Å². The first kappa shape index (κ1) is 15.8. The Morgan fingerprint density at radius 3 is 2.45 bits per heavy atom. The van der Waals surface area contributed by atoms with Gasteiger partial charge < -0.3 is 5.32 Å². The van der Waals surface area contributed by atoms with Crippen molar-refractivity contribution < 1.29 is 8.42 Å². The summed E-state index contributed by atoms with van der Waals surface area (Å²) in [5, 5.41) is 3.11. The monoisotopic (exact) mass is 314 g/mol. The lowest BCUT2D eigenvalue weighted by atomic mass is 10.1. The molecule has 2 rings (SSSR count). The van der Waals surface area contributed by atoms with Crippen molar-refractivity contribution in [2.75, 3.05) is 38.2 Å². The van der Waals surface area contributed by atoms with Gasteiger partial charge in [-0.15, -0.1) is 0 Å². The van der Waals surface area contributed by atoms with E-state index in [1.807, 2.05) is 30.9 Å². The van der Waals surface area contributed by atoms with E-state index in [1.165, 1.54) is 5.56 Å². The zero-order valence-corrected chi connectivity index (χ0v) is 13.5. The summed E-state index contributed by atoms with van der Waals surface area (Å²) in [6.07, 6.45) is 2.04. The molecule has 0 aliphatic carbocycles. The highest BCUT2D eigenvalue weighted by Crippen LogP contribution is 2.20. The van der Waals surface area contributed by atoms with Gasteiger partial charge in [-0.2, -0.15) is 16.1 Å². The van der Waals surface area contributed by atoms with Gasteiger partial charge in [0.05, 0.1) is 4.90 Å². The number of hydrogen-bond acceptors (Lipinski definition) is 4. The third-order valence-electron chi connectivity index (χ3n) is 3.42. The number of aryl methyl sites for hydroxylation is 1. The predicted octanol–water partition coefficient (Wildman–Crippen LogP) is 1.58. The van der Waals surface area contributed by atoms with E-state index in [0.29, 0.717) is 18.0 Å². The second kappa shape index (κ2) is 7.45. The molecule has 1 aromatic rings. The van der Waals surface area contributed by atoms with Crippen molar-refractivity contribution in [3.05, 3.63) is 29.8 Å². The molecule has 1 saturated heterocycles. The number of nitrogens with zero attached hydrogens (tertiary/aromatic N) is 1. The Bertz CT molecular complexity index is 508. The summed E-state index contributed by atoms with van der Waals surface area (Å²) in [5.74, 6) is 1.78. The molecule has 1 N–H and O–H groups in total.